The molecule has 0 saturated carbocycles. The first-order valence-electron chi connectivity index (χ1n) is 10.7. The lowest BCUT2D eigenvalue weighted by Gasteiger charge is -2.38. The SMILES string of the molecule is CC(=O)Oc1ccccc1CC(=O)C1([C@H](O)CC=C(C)C)CC(=O)c2c(O)ccc(O)c2C1=O. The number of para-hydroxylation sites is 1. The van der Waals surface area contributed by atoms with Gasteiger partial charge in [0.25, 0.3) is 0 Å². The molecule has 2 atom stereocenters. The highest BCUT2D eigenvalue weighted by molar-refractivity contribution is 6.27. The number of allylic oxidation sites excluding steroid dienone is 1. The molecule has 1 aliphatic rings. The van der Waals surface area contributed by atoms with Crippen molar-refractivity contribution in [1.29, 1.82) is 0 Å². The van der Waals surface area contributed by atoms with Crippen molar-refractivity contribution in [1.82, 2.24) is 0 Å². The van der Waals surface area contributed by atoms with E-state index in [4.69, 9.17) is 4.74 Å². The highest BCUT2D eigenvalue weighted by Gasteiger charge is 2.56. The van der Waals surface area contributed by atoms with Gasteiger partial charge in [0.05, 0.1) is 17.2 Å². The number of aliphatic hydroxyl groups excluding tert-OH is 1. The van der Waals surface area contributed by atoms with Gasteiger partial charge in [0.1, 0.15) is 22.7 Å². The topological polar surface area (TPSA) is 138 Å². The minimum Gasteiger partial charge on any atom is -0.507 e. The summed E-state index contributed by atoms with van der Waals surface area (Å²) in [5.74, 6) is -4.01. The van der Waals surface area contributed by atoms with E-state index in [9.17, 15) is 34.5 Å². The van der Waals surface area contributed by atoms with Gasteiger partial charge in [-0.3, -0.25) is 19.2 Å². The smallest absolute Gasteiger partial charge is 0.308 e. The zero-order valence-electron chi connectivity index (χ0n) is 19.1. The molecule has 0 amide bonds. The van der Waals surface area contributed by atoms with Gasteiger partial charge in [0.2, 0.25) is 0 Å². The number of carbonyl (C=O) groups excluding carboxylic acids is 4. The maximum Gasteiger partial charge on any atom is 0.308 e. The second kappa shape index (κ2) is 9.61. The summed E-state index contributed by atoms with van der Waals surface area (Å²) in [5, 5.41) is 31.7. The number of aromatic hydroxyl groups is 2. The second-order valence-electron chi connectivity index (χ2n) is 8.59. The molecule has 34 heavy (non-hydrogen) atoms. The molecular weight excluding hydrogens is 440 g/mol. The summed E-state index contributed by atoms with van der Waals surface area (Å²) in [5.41, 5.74) is -1.94. The van der Waals surface area contributed by atoms with Gasteiger partial charge in [0.15, 0.2) is 17.3 Å². The fraction of sp³-hybridized carbons (Fsp3) is 0.308. The summed E-state index contributed by atoms with van der Waals surface area (Å²) in [4.78, 5) is 52.0. The molecule has 3 rings (SSSR count). The lowest BCUT2D eigenvalue weighted by atomic mass is 9.62. The number of hydrogen-bond donors (Lipinski definition) is 3. The third-order valence-corrected chi connectivity index (χ3v) is 5.90. The van der Waals surface area contributed by atoms with Crippen molar-refractivity contribution < 1.29 is 39.2 Å². The van der Waals surface area contributed by atoms with Crippen LogP contribution in [0.4, 0.5) is 0 Å². The van der Waals surface area contributed by atoms with Gasteiger partial charge in [-0.2, -0.15) is 0 Å². The van der Waals surface area contributed by atoms with E-state index in [1.54, 1.807) is 38.1 Å². The molecule has 8 heteroatoms. The van der Waals surface area contributed by atoms with Crippen molar-refractivity contribution in [2.75, 3.05) is 0 Å². The van der Waals surface area contributed by atoms with Crippen LogP contribution in [-0.2, 0) is 16.0 Å². The maximum absolute atomic E-state index is 13.7. The lowest BCUT2D eigenvalue weighted by Crippen LogP contribution is -2.53. The molecule has 1 unspecified atom stereocenters. The largest absolute Gasteiger partial charge is 0.507 e. The maximum atomic E-state index is 13.7. The number of aliphatic hydroxyl groups is 1. The molecule has 0 saturated heterocycles. The number of Topliss-reactive ketones (excluding diaryl/α,β-unsaturated/α-hetero) is 3. The lowest BCUT2D eigenvalue weighted by molar-refractivity contribution is -0.133. The van der Waals surface area contributed by atoms with Crippen LogP contribution in [-0.4, -0.2) is 44.7 Å². The van der Waals surface area contributed by atoms with Crippen LogP contribution in [0.5, 0.6) is 17.2 Å². The third kappa shape index (κ3) is 4.49. The number of phenols is 2. The van der Waals surface area contributed by atoms with Crippen LogP contribution in [0.25, 0.3) is 0 Å². The standard InChI is InChI=1S/C26H26O8/c1-14(2)8-11-21(31)26(22(32)12-16-6-4-5-7-20(16)34-15(3)27)13-19(30)23-17(28)9-10-18(29)24(23)25(26)33/h4-10,21,28-29,31H,11-13H2,1-3H3/t21-,26?/m1/s1. The molecule has 2 aromatic rings. The molecular formula is C26H26O8. The molecule has 3 N–H and O–H groups in total. The Labute approximate surface area is 196 Å². The Balaban J connectivity index is 2.15. The van der Waals surface area contributed by atoms with E-state index in [0.29, 0.717) is 5.56 Å². The van der Waals surface area contributed by atoms with Gasteiger partial charge in [-0.25, -0.2) is 0 Å². The van der Waals surface area contributed by atoms with Crippen LogP contribution < -0.4 is 4.74 Å². The summed E-state index contributed by atoms with van der Waals surface area (Å²) in [6.07, 6.45) is -1.12. The molecule has 0 aliphatic heterocycles. The Morgan fingerprint density at radius 2 is 1.65 bits per heavy atom. The fourth-order valence-corrected chi connectivity index (χ4v) is 4.20. The van der Waals surface area contributed by atoms with Gasteiger partial charge >= 0.3 is 5.97 Å². The second-order valence-corrected chi connectivity index (χ2v) is 8.59. The summed E-state index contributed by atoms with van der Waals surface area (Å²) in [6.45, 7) is 4.77. The minimum absolute atomic E-state index is 0.0897. The first kappa shape index (κ1) is 24.9. The number of benzene rings is 2. The fourth-order valence-electron chi connectivity index (χ4n) is 4.20. The summed E-state index contributed by atoms with van der Waals surface area (Å²) in [7, 11) is 0. The molecule has 8 nitrogen and oxygen atoms in total. The average molecular weight is 466 g/mol. The minimum atomic E-state index is -2.20. The number of carbonyl (C=O) groups is 4. The molecule has 1 aliphatic carbocycles. The molecule has 0 spiro atoms. The van der Waals surface area contributed by atoms with E-state index in [0.717, 1.165) is 17.7 Å². The Morgan fingerprint density at radius 3 is 2.26 bits per heavy atom. The van der Waals surface area contributed by atoms with Crippen LogP contribution in [0.1, 0.15) is 59.9 Å². The predicted octanol–water partition coefficient (Wildman–Crippen LogP) is 3.31. The van der Waals surface area contributed by atoms with Crippen LogP contribution in [0.15, 0.2) is 48.0 Å². The van der Waals surface area contributed by atoms with Crippen molar-refractivity contribution in [3.8, 4) is 17.2 Å². The highest BCUT2D eigenvalue weighted by Crippen LogP contribution is 2.46. The van der Waals surface area contributed by atoms with Gasteiger partial charge < -0.3 is 20.1 Å². The molecule has 0 bridgehead atoms. The van der Waals surface area contributed by atoms with E-state index in [1.807, 2.05) is 0 Å². The van der Waals surface area contributed by atoms with Gasteiger partial charge in [0, 0.05) is 25.3 Å². The van der Waals surface area contributed by atoms with Crippen molar-refractivity contribution in [2.24, 2.45) is 5.41 Å². The zero-order valence-corrected chi connectivity index (χ0v) is 19.1. The molecule has 0 radical (unpaired) electrons. The number of ketones is 3. The van der Waals surface area contributed by atoms with Crippen LogP contribution in [0, 0.1) is 5.41 Å². The Hall–Kier alpha value is -3.78. The Morgan fingerprint density at radius 1 is 1.03 bits per heavy atom. The Kier molecular flexibility index (Phi) is 7.02. The first-order chi connectivity index (χ1) is 16.0. The third-order valence-electron chi connectivity index (χ3n) is 5.90. The van der Waals surface area contributed by atoms with Gasteiger partial charge in [-0.15, -0.1) is 0 Å². The van der Waals surface area contributed by atoms with E-state index < -0.39 is 64.7 Å². The summed E-state index contributed by atoms with van der Waals surface area (Å²) >= 11 is 0. The molecule has 0 fully saturated rings. The normalized spacial score (nSPS) is 18.1. The van der Waals surface area contributed by atoms with Crippen LogP contribution >= 0.6 is 0 Å². The first-order valence-corrected chi connectivity index (χ1v) is 10.7. The highest BCUT2D eigenvalue weighted by atomic mass is 16.5. The molecule has 0 aromatic heterocycles. The molecule has 178 valence electrons. The monoisotopic (exact) mass is 466 g/mol. The predicted molar refractivity (Wildman–Crippen MR) is 122 cm³/mol. The average Bonchev–Trinajstić information content (AvgIpc) is 2.76. The van der Waals surface area contributed by atoms with Crippen molar-refractivity contribution in [2.45, 2.75) is 46.1 Å². The van der Waals surface area contributed by atoms with Crippen molar-refractivity contribution in [3.63, 3.8) is 0 Å². The number of rotatable bonds is 7. The quantitative estimate of drug-likeness (QED) is 0.186. The van der Waals surface area contributed by atoms with Crippen LogP contribution in [0.3, 0.4) is 0 Å². The molecule has 0 heterocycles. The zero-order chi connectivity index (χ0) is 25.2. The van der Waals surface area contributed by atoms with Crippen molar-refractivity contribution >= 4 is 23.3 Å². The Bertz CT molecular complexity index is 1210. The van der Waals surface area contributed by atoms with Gasteiger partial charge in [-0.05, 0) is 38.5 Å². The number of ether oxygens (including phenoxy) is 1. The number of hydrogen-bond acceptors (Lipinski definition) is 8. The van der Waals surface area contributed by atoms with E-state index in [1.165, 1.54) is 13.0 Å². The number of fused-ring (bicyclic) bond motifs is 1. The molecule has 2 aromatic carbocycles. The summed E-state index contributed by atoms with van der Waals surface area (Å²) in [6, 6.07) is 8.40. The van der Waals surface area contributed by atoms with E-state index in [-0.39, 0.29) is 17.7 Å². The van der Waals surface area contributed by atoms with Crippen molar-refractivity contribution in [3.05, 3.63) is 64.7 Å². The van der Waals surface area contributed by atoms with E-state index >= 15 is 0 Å². The van der Waals surface area contributed by atoms with Gasteiger partial charge in [-0.1, -0.05) is 29.8 Å². The number of esters is 1. The van der Waals surface area contributed by atoms with E-state index in [2.05, 4.69) is 0 Å². The number of phenolic OH excluding ortho intramolecular Hbond substituents is 2. The van der Waals surface area contributed by atoms with Crippen LogP contribution in [0.2, 0.25) is 0 Å². The summed E-state index contributed by atoms with van der Waals surface area (Å²) < 4.78 is 5.16.